The van der Waals surface area contributed by atoms with E-state index in [9.17, 15) is 9.59 Å². The molecule has 17 heavy (non-hydrogen) atoms. The van der Waals surface area contributed by atoms with Crippen LogP contribution < -0.4 is 0 Å². The fraction of sp³-hybridized carbons (Fsp3) is 0.500. The smallest absolute Gasteiger partial charge is 0.333 e. The molecule has 1 aliphatic heterocycles. The number of rotatable bonds is 6. The maximum Gasteiger partial charge on any atom is 0.333 e. The summed E-state index contributed by atoms with van der Waals surface area (Å²) in [5, 5.41) is 17.8. The van der Waals surface area contributed by atoms with E-state index >= 15 is 0 Å². The molecule has 0 radical (unpaired) electrons. The summed E-state index contributed by atoms with van der Waals surface area (Å²) in [5.74, 6) is -2.12. The standard InChI is InChI=1S/C12H17NO4/c1-2-3-4-5-13-7-9(11(14)15)6-10(8-13)12(16)17/h7-8H,2-6H2,1H3,(H,14,15)(H,16,17). The second kappa shape index (κ2) is 6.08. The number of carbonyl (C=O) groups is 2. The molecule has 0 aromatic carbocycles. The van der Waals surface area contributed by atoms with Crippen LogP contribution in [0.4, 0.5) is 0 Å². The molecule has 94 valence electrons. The minimum absolute atomic E-state index is 0.0189. The van der Waals surface area contributed by atoms with Crippen LogP contribution >= 0.6 is 0 Å². The summed E-state index contributed by atoms with van der Waals surface area (Å²) in [6, 6.07) is 0. The number of aliphatic carboxylic acids is 2. The van der Waals surface area contributed by atoms with Gasteiger partial charge in [-0.3, -0.25) is 0 Å². The van der Waals surface area contributed by atoms with E-state index in [4.69, 9.17) is 10.2 Å². The highest BCUT2D eigenvalue weighted by molar-refractivity contribution is 5.93. The van der Waals surface area contributed by atoms with Gasteiger partial charge in [-0.1, -0.05) is 19.8 Å². The van der Waals surface area contributed by atoms with Crippen molar-refractivity contribution in [1.82, 2.24) is 4.90 Å². The van der Waals surface area contributed by atoms with E-state index in [0.29, 0.717) is 6.54 Å². The molecule has 0 amide bonds. The quantitative estimate of drug-likeness (QED) is 0.691. The van der Waals surface area contributed by atoms with E-state index in [0.717, 1.165) is 19.3 Å². The maximum atomic E-state index is 10.9. The van der Waals surface area contributed by atoms with Gasteiger partial charge in [0.1, 0.15) is 0 Å². The Hall–Kier alpha value is -1.78. The maximum absolute atomic E-state index is 10.9. The Morgan fingerprint density at radius 1 is 1.18 bits per heavy atom. The molecule has 0 fully saturated rings. The molecule has 0 bridgehead atoms. The summed E-state index contributed by atoms with van der Waals surface area (Å²) < 4.78 is 0. The minimum atomic E-state index is -1.06. The first kappa shape index (κ1) is 13.3. The largest absolute Gasteiger partial charge is 0.478 e. The third-order valence-corrected chi connectivity index (χ3v) is 2.59. The highest BCUT2D eigenvalue weighted by Gasteiger charge is 2.20. The lowest BCUT2D eigenvalue weighted by Gasteiger charge is -2.22. The highest BCUT2D eigenvalue weighted by atomic mass is 16.4. The van der Waals surface area contributed by atoms with Crippen molar-refractivity contribution in [2.75, 3.05) is 6.54 Å². The highest BCUT2D eigenvalue weighted by Crippen LogP contribution is 2.20. The van der Waals surface area contributed by atoms with Gasteiger partial charge in [-0.25, -0.2) is 9.59 Å². The Kier molecular flexibility index (Phi) is 4.75. The van der Waals surface area contributed by atoms with Crippen LogP contribution in [0.3, 0.4) is 0 Å². The lowest BCUT2D eigenvalue weighted by Crippen LogP contribution is -2.22. The number of hydrogen-bond acceptors (Lipinski definition) is 3. The summed E-state index contributed by atoms with van der Waals surface area (Å²) >= 11 is 0. The Morgan fingerprint density at radius 3 is 2.12 bits per heavy atom. The molecule has 0 saturated heterocycles. The third-order valence-electron chi connectivity index (χ3n) is 2.59. The van der Waals surface area contributed by atoms with Gasteiger partial charge in [-0.05, 0) is 6.42 Å². The van der Waals surface area contributed by atoms with E-state index in [2.05, 4.69) is 6.92 Å². The van der Waals surface area contributed by atoms with E-state index in [1.807, 2.05) is 0 Å². The zero-order chi connectivity index (χ0) is 12.8. The first-order valence-electron chi connectivity index (χ1n) is 5.68. The first-order valence-corrected chi connectivity index (χ1v) is 5.68. The number of carboxylic acids is 2. The van der Waals surface area contributed by atoms with Crippen molar-refractivity contribution < 1.29 is 19.8 Å². The Bertz CT molecular complexity index is 341. The monoisotopic (exact) mass is 239 g/mol. The molecule has 0 unspecified atom stereocenters. The Labute approximate surface area is 100 Å². The second-order valence-electron chi connectivity index (χ2n) is 4.04. The number of hydrogen-bond donors (Lipinski definition) is 2. The molecular weight excluding hydrogens is 222 g/mol. The van der Waals surface area contributed by atoms with Gasteiger partial charge in [0.2, 0.25) is 0 Å². The van der Waals surface area contributed by atoms with E-state index in [-0.39, 0.29) is 17.6 Å². The van der Waals surface area contributed by atoms with E-state index in [1.165, 1.54) is 12.4 Å². The van der Waals surface area contributed by atoms with Crippen LogP contribution in [0.15, 0.2) is 23.5 Å². The van der Waals surface area contributed by atoms with Crippen LogP contribution in [0.25, 0.3) is 0 Å². The average molecular weight is 239 g/mol. The van der Waals surface area contributed by atoms with Crippen molar-refractivity contribution in [3.8, 4) is 0 Å². The number of nitrogens with zero attached hydrogens (tertiary/aromatic N) is 1. The van der Waals surface area contributed by atoms with Gasteiger partial charge < -0.3 is 15.1 Å². The van der Waals surface area contributed by atoms with Crippen molar-refractivity contribution in [1.29, 1.82) is 0 Å². The Balaban J connectivity index is 2.73. The van der Waals surface area contributed by atoms with E-state index < -0.39 is 11.9 Å². The Morgan fingerprint density at radius 2 is 1.71 bits per heavy atom. The van der Waals surface area contributed by atoms with Gasteiger partial charge in [-0.2, -0.15) is 0 Å². The van der Waals surface area contributed by atoms with Crippen molar-refractivity contribution >= 4 is 11.9 Å². The average Bonchev–Trinajstić information content (AvgIpc) is 2.29. The lowest BCUT2D eigenvalue weighted by molar-refractivity contribution is -0.133. The summed E-state index contributed by atoms with van der Waals surface area (Å²) in [5.41, 5.74) is 0.253. The van der Waals surface area contributed by atoms with Gasteiger partial charge >= 0.3 is 11.9 Å². The fourth-order valence-electron chi connectivity index (χ4n) is 1.67. The molecule has 1 heterocycles. The molecule has 1 rings (SSSR count). The van der Waals surface area contributed by atoms with Gasteiger partial charge in [0.25, 0.3) is 0 Å². The predicted molar refractivity (Wildman–Crippen MR) is 62.3 cm³/mol. The van der Waals surface area contributed by atoms with Gasteiger partial charge in [0, 0.05) is 25.4 Å². The zero-order valence-electron chi connectivity index (χ0n) is 9.85. The van der Waals surface area contributed by atoms with Crippen LogP contribution in [0.1, 0.15) is 32.6 Å². The van der Waals surface area contributed by atoms with Crippen LogP contribution in [0.2, 0.25) is 0 Å². The molecule has 0 saturated carbocycles. The van der Waals surface area contributed by atoms with Crippen molar-refractivity contribution in [3.63, 3.8) is 0 Å². The van der Waals surface area contributed by atoms with Gasteiger partial charge in [0.05, 0.1) is 11.1 Å². The van der Waals surface area contributed by atoms with Gasteiger partial charge in [0.15, 0.2) is 0 Å². The topological polar surface area (TPSA) is 77.8 Å². The van der Waals surface area contributed by atoms with Crippen LogP contribution in [-0.4, -0.2) is 33.6 Å². The molecule has 1 aliphatic rings. The first-order chi connectivity index (χ1) is 8.04. The zero-order valence-corrected chi connectivity index (χ0v) is 9.85. The lowest BCUT2D eigenvalue weighted by atomic mass is 10.0. The SMILES string of the molecule is CCCCCN1C=C(C(=O)O)CC(C(=O)O)=C1. The van der Waals surface area contributed by atoms with Crippen molar-refractivity contribution in [2.24, 2.45) is 0 Å². The molecule has 0 aliphatic carbocycles. The van der Waals surface area contributed by atoms with Crippen LogP contribution in [-0.2, 0) is 9.59 Å². The number of carboxylic acid groups (broad SMARTS) is 2. The molecule has 5 heteroatoms. The minimum Gasteiger partial charge on any atom is -0.478 e. The van der Waals surface area contributed by atoms with Crippen LogP contribution in [0.5, 0.6) is 0 Å². The van der Waals surface area contributed by atoms with Crippen molar-refractivity contribution in [3.05, 3.63) is 23.5 Å². The molecule has 0 atom stereocenters. The van der Waals surface area contributed by atoms with E-state index in [1.54, 1.807) is 4.90 Å². The summed E-state index contributed by atoms with van der Waals surface area (Å²) in [4.78, 5) is 23.4. The molecule has 0 spiro atoms. The predicted octanol–water partition coefficient (Wildman–Crippen LogP) is 1.82. The summed E-state index contributed by atoms with van der Waals surface area (Å²) in [6.45, 7) is 2.73. The molecule has 5 nitrogen and oxygen atoms in total. The third kappa shape index (κ3) is 3.94. The molecular formula is C12H17NO4. The second-order valence-corrected chi connectivity index (χ2v) is 4.04. The van der Waals surface area contributed by atoms with Crippen LogP contribution in [0, 0.1) is 0 Å². The molecule has 0 aromatic heterocycles. The van der Waals surface area contributed by atoms with Crippen molar-refractivity contribution in [2.45, 2.75) is 32.6 Å². The number of unbranched alkanes of at least 4 members (excludes halogenated alkanes) is 2. The summed E-state index contributed by atoms with van der Waals surface area (Å²) in [6.07, 6.45) is 6.05. The van der Waals surface area contributed by atoms with Gasteiger partial charge in [-0.15, -0.1) is 0 Å². The molecule has 2 N–H and O–H groups in total. The molecule has 0 aromatic rings. The summed E-state index contributed by atoms with van der Waals surface area (Å²) in [7, 11) is 0. The fourth-order valence-corrected chi connectivity index (χ4v) is 1.67. The normalized spacial score (nSPS) is 15.2.